The third-order valence-corrected chi connectivity index (χ3v) is 4.90. The first-order chi connectivity index (χ1) is 11.7. The number of rotatable bonds is 3. The van der Waals surface area contributed by atoms with Crippen molar-refractivity contribution >= 4 is 22.7 Å². The second-order valence-corrected chi connectivity index (χ2v) is 6.52. The molecule has 0 saturated heterocycles. The third kappa shape index (κ3) is 4.38. The smallest absolute Gasteiger partial charge is 0.0397 e. The Morgan fingerprint density at radius 1 is 0.600 bits per heavy atom. The van der Waals surface area contributed by atoms with Gasteiger partial charge in [0.1, 0.15) is 0 Å². The standard InChI is InChI=1S/C11H18N2.C10H16N2/c1-4-8-6-9(5-2)11(13)7(3)10(8)12;1-4-8-9(11)6(2)5-7(3)10(8)12/h6H,4-5,12-13H2,1-3H3;5H,4,11-12H2,1-3H3. The molecule has 0 heterocycles. The van der Waals surface area contributed by atoms with E-state index in [1.165, 1.54) is 11.1 Å². The van der Waals surface area contributed by atoms with E-state index in [9.17, 15) is 0 Å². The Bertz CT molecular complexity index is 694. The average molecular weight is 343 g/mol. The van der Waals surface area contributed by atoms with Crippen LogP contribution in [0.2, 0.25) is 0 Å². The zero-order chi connectivity index (χ0) is 19.3. The fourth-order valence-electron chi connectivity index (χ4n) is 3.06. The van der Waals surface area contributed by atoms with Crippen molar-refractivity contribution in [3.63, 3.8) is 0 Å². The van der Waals surface area contributed by atoms with Crippen LogP contribution in [0, 0.1) is 20.8 Å². The highest BCUT2D eigenvalue weighted by atomic mass is 14.6. The molecule has 0 amide bonds. The van der Waals surface area contributed by atoms with Gasteiger partial charge in [-0.2, -0.15) is 0 Å². The highest BCUT2D eigenvalue weighted by molar-refractivity contribution is 5.69. The number of hydrogen-bond donors (Lipinski definition) is 4. The van der Waals surface area contributed by atoms with Gasteiger partial charge >= 0.3 is 0 Å². The van der Waals surface area contributed by atoms with Gasteiger partial charge in [-0.05, 0) is 73.4 Å². The van der Waals surface area contributed by atoms with E-state index in [0.717, 1.165) is 64.3 Å². The molecule has 2 aromatic rings. The van der Waals surface area contributed by atoms with Crippen LogP contribution < -0.4 is 22.9 Å². The summed E-state index contributed by atoms with van der Waals surface area (Å²) >= 11 is 0. The molecule has 25 heavy (non-hydrogen) atoms. The summed E-state index contributed by atoms with van der Waals surface area (Å²) in [6.45, 7) is 12.3. The lowest BCUT2D eigenvalue weighted by Gasteiger charge is -2.13. The molecule has 0 bridgehead atoms. The maximum absolute atomic E-state index is 5.94. The third-order valence-electron chi connectivity index (χ3n) is 4.90. The fraction of sp³-hybridized carbons (Fsp3) is 0.429. The summed E-state index contributed by atoms with van der Waals surface area (Å²) in [5.41, 5.74) is 33.9. The minimum Gasteiger partial charge on any atom is -0.398 e. The van der Waals surface area contributed by atoms with Crippen molar-refractivity contribution in [2.24, 2.45) is 0 Å². The molecule has 4 nitrogen and oxygen atoms in total. The zero-order valence-electron chi connectivity index (χ0n) is 16.6. The van der Waals surface area contributed by atoms with E-state index in [1.54, 1.807) is 0 Å². The number of benzene rings is 2. The SMILES string of the molecule is CCc1c(N)c(C)cc(C)c1N.CCc1cc(CC)c(N)c(C)c1N. The van der Waals surface area contributed by atoms with Gasteiger partial charge in [0.25, 0.3) is 0 Å². The molecule has 0 radical (unpaired) electrons. The second-order valence-electron chi connectivity index (χ2n) is 6.52. The Morgan fingerprint density at radius 3 is 1.32 bits per heavy atom. The monoisotopic (exact) mass is 342 g/mol. The Labute approximate surface area is 152 Å². The normalized spacial score (nSPS) is 10.3. The van der Waals surface area contributed by atoms with Crippen molar-refractivity contribution in [2.75, 3.05) is 22.9 Å². The van der Waals surface area contributed by atoms with Crippen LogP contribution in [-0.4, -0.2) is 0 Å². The van der Waals surface area contributed by atoms with Crippen LogP contribution in [0.1, 0.15) is 54.2 Å². The molecule has 4 heteroatoms. The predicted octanol–water partition coefficient (Wildman–Crippen LogP) is 4.31. The topological polar surface area (TPSA) is 104 Å². The van der Waals surface area contributed by atoms with Crippen LogP contribution in [0.3, 0.4) is 0 Å². The van der Waals surface area contributed by atoms with E-state index in [-0.39, 0.29) is 0 Å². The Kier molecular flexibility index (Phi) is 7.16. The molecule has 8 N–H and O–H groups in total. The summed E-state index contributed by atoms with van der Waals surface area (Å²) in [5, 5.41) is 0. The molecule has 2 aromatic carbocycles. The van der Waals surface area contributed by atoms with E-state index in [4.69, 9.17) is 22.9 Å². The maximum Gasteiger partial charge on any atom is 0.0397 e. The summed E-state index contributed by atoms with van der Waals surface area (Å²) in [6.07, 6.45) is 2.85. The molecule has 2 rings (SSSR count). The van der Waals surface area contributed by atoms with Crippen LogP contribution in [0.25, 0.3) is 0 Å². The number of hydrogen-bond acceptors (Lipinski definition) is 4. The van der Waals surface area contributed by atoms with Crippen molar-refractivity contribution < 1.29 is 0 Å². The van der Waals surface area contributed by atoms with Gasteiger partial charge in [0.2, 0.25) is 0 Å². The molecule has 0 aromatic heterocycles. The van der Waals surface area contributed by atoms with Crippen LogP contribution in [0.5, 0.6) is 0 Å². The minimum absolute atomic E-state index is 0.848. The first-order valence-electron chi connectivity index (χ1n) is 8.99. The lowest BCUT2D eigenvalue weighted by Crippen LogP contribution is -2.04. The van der Waals surface area contributed by atoms with Gasteiger partial charge in [-0.25, -0.2) is 0 Å². The second kappa shape index (κ2) is 8.65. The fourth-order valence-corrected chi connectivity index (χ4v) is 3.06. The first kappa shape index (κ1) is 20.7. The van der Waals surface area contributed by atoms with E-state index in [0.29, 0.717) is 0 Å². The lowest BCUT2D eigenvalue weighted by atomic mass is 9.98. The van der Waals surface area contributed by atoms with Gasteiger partial charge in [-0.3, -0.25) is 0 Å². The molecular formula is C21H34N4. The van der Waals surface area contributed by atoms with Gasteiger partial charge in [0.05, 0.1) is 0 Å². The van der Waals surface area contributed by atoms with Crippen LogP contribution in [-0.2, 0) is 19.3 Å². The average Bonchev–Trinajstić information content (AvgIpc) is 2.59. The minimum atomic E-state index is 0.848. The molecule has 0 aliphatic rings. The Morgan fingerprint density at radius 2 is 1.00 bits per heavy atom. The summed E-state index contributed by atoms with van der Waals surface area (Å²) in [6, 6.07) is 4.15. The summed E-state index contributed by atoms with van der Waals surface area (Å²) in [7, 11) is 0. The molecular weight excluding hydrogens is 308 g/mol. The van der Waals surface area contributed by atoms with Gasteiger partial charge in [-0.1, -0.05) is 32.9 Å². The molecule has 0 aliphatic heterocycles. The number of nitrogen functional groups attached to an aromatic ring is 4. The predicted molar refractivity (Wildman–Crippen MR) is 113 cm³/mol. The van der Waals surface area contributed by atoms with Crippen molar-refractivity contribution in [3.05, 3.63) is 45.5 Å². The van der Waals surface area contributed by atoms with Crippen molar-refractivity contribution in [1.29, 1.82) is 0 Å². The van der Waals surface area contributed by atoms with E-state index in [2.05, 4.69) is 26.8 Å². The molecule has 0 aliphatic carbocycles. The Balaban J connectivity index is 0.000000251. The molecule has 138 valence electrons. The van der Waals surface area contributed by atoms with Gasteiger partial charge < -0.3 is 22.9 Å². The number of aryl methyl sites for hydroxylation is 4. The van der Waals surface area contributed by atoms with Crippen LogP contribution in [0.15, 0.2) is 12.1 Å². The number of anilines is 4. The largest absolute Gasteiger partial charge is 0.398 e. The van der Waals surface area contributed by atoms with Gasteiger partial charge in [0, 0.05) is 22.7 Å². The van der Waals surface area contributed by atoms with Crippen molar-refractivity contribution in [1.82, 2.24) is 0 Å². The highest BCUT2D eigenvalue weighted by Gasteiger charge is 2.08. The van der Waals surface area contributed by atoms with Crippen molar-refractivity contribution in [2.45, 2.75) is 60.8 Å². The maximum atomic E-state index is 5.94. The molecule has 0 unspecified atom stereocenters. The zero-order valence-corrected chi connectivity index (χ0v) is 16.6. The van der Waals surface area contributed by atoms with Gasteiger partial charge in [-0.15, -0.1) is 0 Å². The van der Waals surface area contributed by atoms with Gasteiger partial charge in [0.15, 0.2) is 0 Å². The highest BCUT2D eigenvalue weighted by Crippen LogP contribution is 2.28. The van der Waals surface area contributed by atoms with E-state index < -0.39 is 0 Å². The molecule has 0 spiro atoms. The van der Waals surface area contributed by atoms with Crippen LogP contribution in [0.4, 0.5) is 22.7 Å². The van der Waals surface area contributed by atoms with Crippen molar-refractivity contribution in [3.8, 4) is 0 Å². The summed E-state index contributed by atoms with van der Waals surface area (Å²) < 4.78 is 0. The molecule has 0 fully saturated rings. The lowest BCUT2D eigenvalue weighted by molar-refractivity contribution is 1.08. The summed E-state index contributed by atoms with van der Waals surface area (Å²) in [4.78, 5) is 0. The molecule has 0 atom stereocenters. The first-order valence-corrected chi connectivity index (χ1v) is 8.99. The number of nitrogens with two attached hydrogens (primary N) is 4. The van der Waals surface area contributed by atoms with E-state index in [1.807, 2.05) is 26.8 Å². The molecule has 0 saturated carbocycles. The van der Waals surface area contributed by atoms with E-state index >= 15 is 0 Å². The quantitative estimate of drug-likeness (QED) is 0.624. The van der Waals surface area contributed by atoms with Crippen LogP contribution >= 0.6 is 0 Å². The Hall–Kier alpha value is -2.36. The summed E-state index contributed by atoms with van der Waals surface area (Å²) in [5.74, 6) is 0.